The highest BCUT2D eigenvalue weighted by Crippen LogP contribution is 2.40. The van der Waals surface area contributed by atoms with Crippen LogP contribution in [0.15, 0.2) is 65.9 Å². The molecule has 0 aliphatic carbocycles. The number of ether oxygens (including phenoxy) is 2. The fourth-order valence-corrected chi connectivity index (χ4v) is 4.25. The molecule has 0 fully saturated rings. The molecule has 0 saturated carbocycles. The molecule has 2 aromatic heterocycles. The number of nitrogens with zero attached hydrogens (tertiary/aromatic N) is 1. The van der Waals surface area contributed by atoms with Gasteiger partial charge in [-0.05, 0) is 42.6 Å². The first-order valence-corrected chi connectivity index (χ1v) is 10.3. The Balaban J connectivity index is 1.49. The Bertz CT molecular complexity index is 1350. The number of thiophene rings is 1. The summed E-state index contributed by atoms with van der Waals surface area (Å²) in [5.41, 5.74) is 3.07. The number of benzene rings is 2. The molecule has 1 aliphatic rings. The van der Waals surface area contributed by atoms with E-state index in [0.29, 0.717) is 27.5 Å². The number of rotatable bonds is 3. The molecule has 5 nitrogen and oxygen atoms in total. The summed E-state index contributed by atoms with van der Waals surface area (Å²) in [7, 11) is 1.97. The highest BCUT2D eigenvalue weighted by atomic mass is 32.1. The molecule has 0 bridgehead atoms. The summed E-state index contributed by atoms with van der Waals surface area (Å²) in [6, 6.07) is 14.8. The van der Waals surface area contributed by atoms with E-state index in [1.807, 2.05) is 47.5 Å². The van der Waals surface area contributed by atoms with Gasteiger partial charge in [-0.25, -0.2) is 4.79 Å². The second-order valence-electron chi connectivity index (χ2n) is 7.08. The van der Waals surface area contributed by atoms with Crippen molar-refractivity contribution < 1.29 is 19.1 Å². The Kier molecular flexibility index (Phi) is 4.29. The molecule has 2 aromatic carbocycles. The molecule has 0 saturated heterocycles. The Hall–Kier alpha value is -3.64. The van der Waals surface area contributed by atoms with Gasteiger partial charge in [-0.3, -0.25) is 4.79 Å². The zero-order chi connectivity index (χ0) is 20.8. The molecular weight excluding hydrogens is 398 g/mol. The lowest BCUT2D eigenvalue weighted by molar-refractivity contribution is 0.0738. The van der Waals surface area contributed by atoms with Gasteiger partial charge in [0.05, 0.1) is 5.56 Å². The maximum atomic E-state index is 12.9. The van der Waals surface area contributed by atoms with Crippen LogP contribution in [0, 0.1) is 6.92 Å². The number of hydrogen-bond acceptors (Lipinski definition) is 5. The lowest BCUT2D eigenvalue weighted by Crippen LogP contribution is -2.07. The number of ketones is 1. The predicted molar refractivity (Wildman–Crippen MR) is 116 cm³/mol. The van der Waals surface area contributed by atoms with Gasteiger partial charge < -0.3 is 14.0 Å². The van der Waals surface area contributed by atoms with E-state index in [4.69, 9.17) is 9.47 Å². The number of esters is 1. The van der Waals surface area contributed by atoms with Gasteiger partial charge in [-0.15, -0.1) is 11.3 Å². The number of carbonyl (C=O) groups is 2. The molecule has 148 valence electrons. The van der Waals surface area contributed by atoms with Crippen molar-refractivity contribution in [2.75, 3.05) is 0 Å². The maximum absolute atomic E-state index is 12.9. The molecule has 0 radical (unpaired) electrons. The minimum atomic E-state index is -0.427. The molecule has 30 heavy (non-hydrogen) atoms. The first-order chi connectivity index (χ1) is 14.5. The Morgan fingerprint density at radius 2 is 1.97 bits per heavy atom. The standard InChI is InChI=1S/C24H17NO4S/c1-14-19(29-24(27)21-8-5-11-30-21)10-9-17-22(26)20(28-23(14)17)12-15-13-25(2)18-7-4-3-6-16(15)18/h3-13H,1-2H3. The van der Waals surface area contributed by atoms with E-state index < -0.39 is 5.97 Å². The summed E-state index contributed by atoms with van der Waals surface area (Å²) in [6.07, 6.45) is 3.74. The van der Waals surface area contributed by atoms with Gasteiger partial charge in [-0.1, -0.05) is 24.3 Å². The second-order valence-corrected chi connectivity index (χ2v) is 8.03. The quantitative estimate of drug-likeness (QED) is 0.256. The van der Waals surface area contributed by atoms with E-state index in [1.165, 1.54) is 11.3 Å². The highest BCUT2D eigenvalue weighted by Gasteiger charge is 2.31. The zero-order valence-corrected chi connectivity index (χ0v) is 17.2. The average molecular weight is 415 g/mol. The average Bonchev–Trinajstić information content (AvgIpc) is 3.46. The van der Waals surface area contributed by atoms with Crippen LogP contribution in [-0.4, -0.2) is 16.3 Å². The number of hydrogen-bond donors (Lipinski definition) is 0. The van der Waals surface area contributed by atoms with Crippen molar-refractivity contribution in [3.05, 3.63) is 87.4 Å². The van der Waals surface area contributed by atoms with Crippen LogP contribution >= 0.6 is 11.3 Å². The zero-order valence-electron chi connectivity index (χ0n) is 16.3. The van der Waals surface area contributed by atoms with Gasteiger partial charge in [0.2, 0.25) is 5.78 Å². The molecule has 0 amide bonds. The van der Waals surface area contributed by atoms with Gasteiger partial charge >= 0.3 is 5.97 Å². The number of allylic oxidation sites excluding steroid dienone is 1. The highest BCUT2D eigenvalue weighted by molar-refractivity contribution is 7.12. The lowest BCUT2D eigenvalue weighted by Gasteiger charge is -2.09. The summed E-state index contributed by atoms with van der Waals surface area (Å²) in [4.78, 5) is 25.7. The monoisotopic (exact) mass is 415 g/mol. The van der Waals surface area contributed by atoms with E-state index in [1.54, 1.807) is 37.3 Å². The minimum absolute atomic E-state index is 0.183. The number of Topliss-reactive ketones (excluding diaryl/α,β-unsaturated/α-hetero) is 1. The summed E-state index contributed by atoms with van der Waals surface area (Å²) in [6.45, 7) is 1.78. The summed E-state index contributed by atoms with van der Waals surface area (Å²) >= 11 is 1.32. The third-order valence-electron chi connectivity index (χ3n) is 5.18. The van der Waals surface area contributed by atoms with E-state index in [9.17, 15) is 9.59 Å². The topological polar surface area (TPSA) is 57.5 Å². The molecule has 4 aromatic rings. The van der Waals surface area contributed by atoms with Crippen molar-refractivity contribution in [3.63, 3.8) is 0 Å². The van der Waals surface area contributed by atoms with Crippen molar-refractivity contribution in [1.82, 2.24) is 4.57 Å². The van der Waals surface area contributed by atoms with Crippen LogP contribution in [0.1, 0.15) is 31.2 Å². The fraction of sp³-hybridized carbons (Fsp3) is 0.0833. The van der Waals surface area contributed by atoms with Crippen molar-refractivity contribution in [2.24, 2.45) is 7.05 Å². The molecule has 5 rings (SSSR count). The second kappa shape index (κ2) is 7.00. The molecule has 1 aliphatic heterocycles. The Labute approximate surface area is 176 Å². The van der Waals surface area contributed by atoms with Crippen molar-refractivity contribution in [1.29, 1.82) is 0 Å². The molecule has 0 N–H and O–H groups in total. The lowest BCUT2D eigenvalue weighted by atomic mass is 10.1. The van der Waals surface area contributed by atoms with E-state index in [2.05, 4.69) is 0 Å². The van der Waals surface area contributed by atoms with Crippen LogP contribution in [0.25, 0.3) is 17.0 Å². The van der Waals surface area contributed by atoms with Crippen molar-refractivity contribution in [2.45, 2.75) is 6.92 Å². The number of aromatic nitrogens is 1. The molecule has 0 atom stereocenters. The molecular formula is C24H17NO4S. The van der Waals surface area contributed by atoms with Gasteiger partial charge in [0.1, 0.15) is 16.4 Å². The number of fused-ring (bicyclic) bond motifs is 2. The Morgan fingerprint density at radius 1 is 1.13 bits per heavy atom. The van der Waals surface area contributed by atoms with Gasteiger partial charge in [0.25, 0.3) is 0 Å². The number of para-hydroxylation sites is 1. The van der Waals surface area contributed by atoms with Crippen molar-refractivity contribution >= 4 is 40.1 Å². The van der Waals surface area contributed by atoms with E-state index in [-0.39, 0.29) is 11.5 Å². The fourth-order valence-electron chi connectivity index (χ4n) is 3.65. The van der Waals surface area contributed by atoms with E-state index >= 15 is 0 Å². The molecule has 0 spiro atoms. The molecule has 3 heterocycles. The van der Waals surface area contributed by atoms with Crippen LogP contribution in [0.5, 0.6) is 11.5 Å². The predicted octanol–water partition coefficient (Wildman–Crippen LogP) is 5.38. The summed E-state index contributed by atoms with van der Waals surface area (Å²) in [5, 5.41) is 2.86. The van der Waals surface area contributed by atoms with Gasteiger partial charge in [0, 0.05) is 35.3 Å². The van der Waals surface area contributed by atoms with Crippen LogP contribution < -0.4 is 9.47 Å². The summed E-state index contributed by atoms with van der Waals surface area (Å²) < 4.78 is 13.5. The third kappa shape index (κ3) is 2.93. The van der Waals surface area contributed by atoms with Gasteiger partial charge in [0.15, 0.2) is 5.76 Å². The van der Waals surface area contributed by atoms with Gasteiger partial charge in [-0.2, -0.15) is 0 Å². The van der Waals surface area contributed by atoms with Crippen LogP contribution in [0.4, 0.5) is 0 Å². The normalized spacial score (nSPS) is 14.2. The SMILES string of the molecule is Cc1c(OC(=O)c2cccs2)ccc2c1OC(=Cc1cn(C)c3ccccc13)C2=O. The Morgan fingerprint density at radius 3 is 2.77 bits per heavy atom. The minimum Gasteiger partial charge on any atom is -0.452 e. The smallest absolute Gasteiger partial charge is 0.353 e. The largest absolute Gasteiger partial charge is 0.452 e. The summed E-state index contributed by atoms with van der Waals surface area (Å²) in [5.74, 6) is 0.460. The van der Waals surface area contributed by atoms with Crippen LogP contribution in [0.2, 0.25) is 0 Å². The maximum Gasteiger partial charge on any atom is 0.353 e. The first kappa shape index (κ1) is 18.4. The first-order valence-electron chi connectivity index (χ1n) is 9.40. The molecule has 6 heteroatoms. The van der Waals surface area contributed by atoms with Crippen LogP contribution in [0.3, 0.4) is 0 Å². The number of aryl methyl sites for hydroxylation is 1. The van der Waals surface area contributed by atoms with Crippen LogP contribution in [-0.2, 0) is 7.05 Å². The third-order valence-corrected chi connectivity index (χ3v) is 6.03. The number of carbonyl (C=O) groups excluding carboxylic acids is 2. The molecule has 0 unspecified atom stereocenters. The van der Waals surface area contributed by atoms with E-state index in [0.717, 1.165) is 16.5 Å². The van der Waals surface area contributed by atoms with Crippen molar-refractivity contribution in [3.8, 4) is 11.5 Å².